The highest BCUT2D eigenvalue weighted by Gasteiger charge is 2.27. The Bertz CT molecular complexity index is 527. The minimum atomic E-state index is -3.60. The first-order chi connectivity index (χ1) is 9.44. The lowest BCUT2D eigenvalue weighted by molar-refractivity contribution is 0.207. The Kier molecular flexibility index (Phi) is 4.66. The van der Waals surface area contributed by atoms with Crippen molar-refractivity contribution in [3.8, 4) is 0 Å². The van der Waals surface area contributed by atoms with Crippen molar-refractivity contribution in [3.05, 3.63) is 6.33 Å². The van der Waals surface area contributed by atoms with Gasteiger partial charge in [-0.2, -0.15) is 0 Å². The normalized spacial score (nSPS) is 18.5. The molecule has 7 nitrogen and oxygen atoms in total. The highest BCUT2D eigenvalue weighted by molar-refractivity contribution is 7.89. The summed E-state index contributed by atoms with van der Waals surface area (Å²) in [6.07, 6.45) is 4.20. The van der Waals surface area contributed by atoms with E-state index >= 15 is 0 Å². The Hall–Kier alpha value is -1.12. The number of hydrogen-bond acceptors (Lipinski definition) is 5. The van der Waals surface area contributed by atoms with Crippen LogP contribution in [-0.2, 0) is 17.1 Å². The van der Waals surface area contributed by atoms with Gasteiger partial charge in [0, 0.05) is 13.1 Å². The van der Waals surface area contributed by atoms with Gasteiger partial charge < -0.3 is 15.2 Å². The monoisotopic (exact) mass is 301 g/mol. The molecule has 3 N–H and O–H groups in total. The molecule has 0 unspecified atom stereocenters. The third kappa shape index (κ3) is 3.31. The van der Waals surface area contributed by atoms with Gasteiger partial charge in [0.2, 0.25) is 0 Å². The predicted octanol–water partition coefficient (Wildman–Crippen LogP) is 0.155. The minimum absolute atomic E-state index is 0.0255. The fourth-order valence-electron chi connectivity index (χ4n) is 2.63. The number of hydrogen-bond donors (Lipinski definition) is 2. The molecule has 1 aliphatic rings. The molecule has 0 aromatic carbocycles. The Morgan fingerprint density at radius 3 is 2.60 bits per heavy atom. The number of nitrogens with zero attached hydrogens (tertiary/aromatic N) is 3. The summed E-state index contributed by atoms with van der Waals surface area (Å²) < 4.78 is 28.9. The Morgan fingerprint density at radius 1 is 1.45 bits per heavy atom. The van der Waals surface area contributed by atoms with Crippen molar-refractivity contribution >= 4 is 15.8 Å². The summed E-state index contributed by atoms with van der Waals surface area (Å²) >= 11 is 0. The lowest BCUT2D eigenvalue weighted by Crippen LogP contribution is -2.45. The molecule has 1 aromatic heterocycles. The first-order valence-corrected chi connectivity index (χ1v) is 8.44. The highest BCUT2D eigenvalue weighted by Crippen LogP contribution is 2.18. The number of aromatic nitrogens is 2. The molecule has 0 bridgehead atoms. The summed E-state index contributed by atoms with van der Waals surface area (Å²) in [5.41, 5.74) is 5.63. The van der Waals surface area contributed by atoms with E-state index in [2.05, 4.69) is 21.5 Å². The first-order valence-electron chi connectivity index (χ1n) is 6.95. The molecule has 1 aliphatic heterocycles. The van der Waals surface area contributed by atoms with Crippen LogP contribution in [0.2, 0.25) is 0 Å². The van der Waals surface area contributed by atoms with Crippen LogP contribution in [0.1, 0.15) is 26.2 Å². The first kappa shape index (κ1) is 15.3. The average Bonchev–Trinajstić information content (AvgIpc) is 2.72. The van der Waals surface area contributed by atoms with Crippen LogP contribution in [0.3, 0.4) is 0 Å². The number of nitrogens with two attached hydrogens (primary N) is 1. The summed E-state index contributed by atoms with van der Waals surface area (Å²) in [6, 6.07) is -0.0255. The van der Waals surface area contributed by atoms with Crippen molar-refractivity contribution in [2.24, 2.45) is 7.05 Å². The summed E-state index contributed by atoms with van der Waals surface area (Å²) in [5.74, 6) is 0.0448. The number of sulfonamides is 1. The molecule has 114 valence electrons. The van der Waals surface area contributed by atoms with Gasteiger partial charge in [-0.1, -0.05) is 6.92 Å². The molecule has 2 heterocycles. The van der Waals surface area contributed by atoms with Crippen molar-refractivity contribution in [2.75, 3.05) is 25.4 Å². The van der Waals surface area contributed by atoms with Gasteiger partial charge in [-0.3, -0.25) is 0 Å². The van der Waals surface area contributed by atoms with Crippen molar-refractivity contribution in [2.45, 2.75) is 37.3 Å². The maximum Gasteiger partial charge on any atom is 0.260 e. The third-order valence-electron chi connectivity index (χ3n) is 3.61. The largest absolute Gasteiger partial charge is 0.381 e. The Balaban J connectivity index is 2.00. The van der Waals surface area contributed by atoms with E-state index in [-0.39, 0.29) is 16.9 Å². The maximum absolute atomic E-state index is 12.3. The summed E-state index contributed by atoms with van der Waals surface area (Å²) in [6.45, 7) is 5.10. The van der Waals surface area contributed by atoms with E-state index < -0.39 is 10.0 Å². The van der Waals surface area contributed by atoms with Gasteiger partial charge in [-0.15, -0.1) is 0 Å². The molecule has 1 saturated heterocycles. The van der Waals surface area contributed by atoms with E-state index in [1.807, 2.05) is 0 Å². The number of rotatable bonds is 5. The number of piperidine rings is 1. The van der Waals surface area contributed by atoms with E-state index in [1.165, 1.54) is 10.9 Å². The highest BCUT2D eigenvalue weighted by atomic mass is 32.2. The van der Waals surface area contributed by atoms with Crippen molar-refractivity contribution in [3.63, 3.8) is 0 Å². The molecule has 1 fully saturated rings. The van der Waals surface area contributed by atoms with Crippen LogP contribution in [0.25, 0.3) is 0 Å². The van der Waals surface area contributed by atoms with E-state index in [4.69, 9.17) is 5.73 Å². The molecule has 0 spiro atoms. The molecule has 20 heavy (non-hydrogen) atoms. The standard InChI is InChI=1S/C12H23N5O2S/c1-3-6-17-7-4-10(5-8-17)15-20(18,19)12-11(13)14-9-16(12)2/h9-10,15H,3-8,13H2,1-2H3. The molecular weight excluding hydrogens is 278 g/mol. The number of likely N-dealkylation sites (tertiary alicyclic amines) is 1. The van der Waals surface area contributed by atoms with Gasteiger partial charge >= 0.3 is 0 Å². The zero-order valence-electron chi connectivity index (χ0n) is 12.0. The quantitative estimate of drug-likeness (QED) is 0.808. The van der Waals surface area contributed by atoms with Gasteiger partial charge in [0.15, 0.2) is 10.8 Å². The fraction of sp³-hybridized carbons (Fsp3) is 0.750. The maximum atomic E-state index is 12.3. The molecule has 0 amide bonds. The fourth-order valence-corrected chi connectivity index (χ4v) is 4.17. The molecule has 8 heteroatoms. The minimum Gasteiger partial charge on any atom is -0.381 e. The van der Waals surface area contributed by atoms with E-state index in [0.29, 0.717) is 0 Å². The second kappa shape index (κ2) is 6.11. The lowest BCUT2D eigenvalue weighted by atomic mass is 10.1. The smallest absolute Gasteiger partial charge is 0.260 e. The van der Waals surface area contributed by atoms with E-state index in [0.717, 1.165) is 38.9 Å². The number of nitrogens with one attached hydrogen (secondary N) is 1. The van der Waals surface area contributed by atoms with Crippen LogP contribution in [0.4, 0.5) is 5.82 Å². The van der Waals surface area contributed by atoms with Gasteiger partial charge in [0.05, 0.1) is 6.33 Å². The summed E-state index contributed by atoms with van der Waals surface area (Å²) in [5, 5.41) is 0.0495. The Morgan fingerprint density at radius 2 is 2.10 bits per heavy atom. The van der Waals surface area contributed by atoms with Gasteiger partial charge in [-0.05, 0) is 38.9 Å². The topological polar surface area (TPSA) is 93.2 Å². The SMILES string of the molecule is CCCN1CCC(NS(=O)(=O)c2c(N)ncn2C)CC1. The number of anilines is 1. The number of nitrogen functional groups attached to an aromatic ring is 1. The molecule has 0 saturated carbocycles. The third-order valence-corrected chi connectivity index (χ3v) is 5.26. The predicted molar refractivity (Wildman–Crippen MR) is 77.7 cm³/mol. The zero-order valence-corrected chi connectivity index (χ0v) is 12.9. The average molecular weight is 301 g/mol. The summed E-state index contributed by atoms with van der Waals surface area (Å²) in [7, 11) is -1.97. The van der Waals surface area contributed by atoms with E-state index in [9.17, 15) is 8.42 Å². The Labute approximate surface area is 120 Å². The number of aryl methyl sites for hydroxylation is 1. The van der Waals surface area contributed by atoms with Crippen molar-refractivity contribution < 1.29 is 8.42 Å². The van der Waals surface area contributed by atoms with Crippen molar-refractivity contribution in [1.82, 2.24) is 19.2 Å². The van der Waals surface area contributed by atoms with E-state index in [1.54, 1.807) is 7.05 Å². The molecular formula is C12H23N5O2S. The van der Waals surface area contributed by atoms with Crippen LogP contribution in [-0.4, -0.2) is 48.5 Å². The van der Waals surface area contributed by atoms with Crippen LogP contribution in [0.15, 0.2) is 11.4 Å². The van der Waals surface area contributed by atoms with Crippen LogP contribution >= 0.6 is 0 Å². The van der Waals surface area contributed by atoms with Crippen LogP contribution in [0, 0.1) is 0 Å². The van der Waals surface area contributed by atoms with Crippen molar-refractivity contribution in [1.29, 1.82) is 0 Å². The summed E-state index contributed by atoms with van der Waals surface area (Å²) in [4.78, 5) is 6.19. The molecule has 1 aromatic rings. The molecule has 2 rings (SSSR count). The second-order valence-electron chi connectivity index (χ2n) is 5.28. The molecule has 0 atom stereocenters. The van der Waals surface area contributed by atoms with Crippen LogP contribution < -0.4 is 10.5 Å². The van der Waals surface area contributed by atoms with Gasteiger partial charge in [0.1, 0.15) is 0 Å². The zero-order chi connectivity index (χ0) is 14.8. The lowest BCUT2D eigenvalue weighted by Gasteiger charge is -2.31. The molecule has 0 aliphatic carbocycles. The van der Waals surface area contributed by atoms with Gasteiger partial charge in [-0.25, -0.2) is 18.1 Å². The molecule has 0 radical (unpaired) electrons. The second-order valence-corrected chi connectivity index (χ2v) is 6.91. The van der Waals surface area contributed by atoms with Gasteiger partial charge in [0.25, 0.3) is 10.0 Å². The van der Waals surface area contributed by atoms with Crippen LogP contribution in [0.5, 0.6) is 0 Å². The number of imidazole rings is 1.